The predicted octanol–water partition coefficient (Wildman–Crippen LogP) is 2.87. The number of nitrogens with zero attached hydrogens (tertiary/aromatic N) is 5. The molecule has 0 amide bonds. The number of para-hydroxylation sites is 1. The van der Waals surface area contributed by atoms with Crippen LogP contribution in [0.15, 0.2) is 36.7 Å². The number of fused-ring (bicyclic) bond motifs is 1. The molecule has 9 nitrogen and oxygen atoms in total. The molecule has 25 heavy (non-hydrogen) atoms. The molecule has 9 heteroatoms. The summed E-state index contributed by atoms with van der Waals surface area (Å²) in [5.41, 5.74) is 4.79. The normalized spacial score (nSPS) is 10.9. The molecule has 0 radical (unpaired) electrons. The van der Waals surface area contributed by atoms with Gasteiger partial charge in [-0.3, -0.25) is 20.5 Å². The molecule has 0 spiro atoms. The molecule has 0 unspecified atom stereocenters. The fraction of sp³-hybridized carbons (Fsp3) is 0.188. The molecule has 2 N–H and O–H groups in total. The average Bonchev–Trinajstić information content (AvgIpc) is 2.54. The Labute approximate surface area is 143 Å². The van der Waals surface area contributed by atoms with E-state index >= 15 is 0 Å². The Morgan fingerprint density at radius 1 is 1.12 bits per heavy atom. The van der Waals surface area contributed by atoms with Crippen LogP contribution >= 0.6 is 0 Å². The number of aryl methyl sites for hydroxylation is 1. The number of rotatable bonds is 5. The van der Waals surface area contributed by atoms with Gasteiger partial charge in [-0.05, 0) is 19.1 Å². The van der Waals surface area contributed by atoms with Gasteiger partial charge in [0.05, 0.1) is 16.1 Å². The highest BCUT2D eigenvalue weighted by Gasteiger charge is 2.24. The number of hydrogen-bond acceptors (Lipinski definition) is 8. The molecule has 0 aliphatic heterocycles. The lowest BCUT2D eigenvalue weighted by atomic mass is 10.1. The summed E-state index contributed by atoms with van der Waals surface area (Å²) in [6.07, 6.45) is 1.27. The van der Waals surface area contributed by atoms with Crippen molar-refractivity contribution in [2.24, 2.45) is 0 Å². The van der Waals surface area contributed by atoms with Crippen LogP contribution in [0.3, 0.4) is 0 Å². The number of nitro groups is 1. The fourth-order valence-corrected chi connectivity index (χ4v) is 2.41. The number of hydrazine groups is 1. The van der Waals surface area contributed by atoms with Crippen LogP contribution in [0, 0.1) is 17.0 Å². The highest BCUT2D eigenvalue weighted by atomic mass is 16.6. The summed E-state index contributed by atoms with van der Waals surface area (Å²) in [5, 5.41) is 17.1. The van der Waals surface area contributed by atoms with Crippen molar-refractivity contribution in [2.45, 2.75) is 6.92 Å². The third-order valence-corrected chi connectivity index (χ3v) is 3.45. The molecule has 0 bridgehead atoms. The number of anilines is 3. The lowest BCUT2D eigenvalue weighted by molar-refractivity contribution is -0.383. The van der Waals surface area contributed by atoms with E-state index in [1.54, 1.807) is 25.2 Å². The van der Waals surface area contributed by atoms with Crippen molar-refractivity contribution < 1.29 is 4.92 Å². The number of aromatic nitrogens is 3. The Morgan fingerprint density at radius 2 is 1.88 bits per heavy atom. The Kier molecular flexibility index (Phi) is 4.40. The van der Waals surface area contributed by atoms with Crippen molar-refractivity contribution >= 4 is 33.9 Å². The zero-order valence-corrected chi connectivity index (χ0v) is 14.0. The molecule has 0 saturated carbocycles. The number of benzene rings is 1. The summed E-state index contributed by atoms with van der Waals surface area (Å²) in [6.45, 7) is 1.89. The summed E-state index contributed by atoms with van der Waals surface area (Å²) in [4.78, 5) is 23.5. The quantitative estimate of drug-likeness (QED) is 0.539. The zero-order chi connectivity index (χ0) is 18.0. The Hall–Kier alpha value is -3.33. The molecule has 3 aromatic rings. The standard InChI is InChI=1S/C16H17N7O2/c1-10-7-8-11-5-4-6-12(13(11)19-10)20-15-14(23(24)25)16(18-9-17-15)21-22(2)3/h4-9H,1-3H3,(H2,17,18,20,21). The van der Waals surface area contributed by atoms with Crippen LogP contribution in [-0.2, 0) is 0 Å². The maximum atomic E-state index is 11.5. The highest BCUT2D eigenvalue weighted by Crippen LogP contribution is 2.33. The Morgan fingerprint density at radius 3 is 2.60 bits per heavy atom. The fourth-order valence-electron chi connectivity index (χ4n) is 2.41. The predicted molar refractivity (Wildman–Crippen MR) is 95.8 cm³/mol. The van der Waals surface area contributed by atoms with Gasteiger partial charge in [0.1, 0.15) is 6.33 Å². The van der Waals surface area contributed by atoms with E-state index in [0.717, 1.165) is 16.6 Å². The summed E-state index contributed by atoms with van der Waals surface area (Å²) in [7, 11) is 3.44. The van der Waals surface area contributed by atoms with Crippen LogP contribution < -0.4 is 10.7 Å². The van der Waals surface area contributed by atoms with Crippen molar-refractivity contribution in [1.82, 2.24) is 20.0 Å². The Balaban J connectivity index is 2.09. The second kappa shape index (κ2) is 6.65. The molecule has 2 heterocycles. The lowest BCUT2D eigenvalue weighted by Crippen LogP contribution is -2.21. The van der Waals surface area contributed by atoms with Gasteiger partial charge in [0.25, 0.3) is 0 Å². The largest absolute Gasteiger partial charge is 0.354 e. The minimum absolute atomic E-state index is 0.0974. The highest BCUT2D eigenvalue weighted by molar-refractivity contribution is 5.93. The maximum absolute atomic E-state index is 11.5. The minimum Gasteiger partial charge on any atom is -0.332 e. The summed E-state index contributed by atoms with van der Waals surface area (Å²) in [6, 6.07) is 9.46. The van der Waals surface area contributed by atoms with Crippen LogP contribution in [0.2, 0.25) is 0 Å². The summed E-state index contributed by atoms with van der Waals surface area (Å²) in [5.74, 6) is 0.206. The van der Waals surface area contributed by atoms with Crippen molar-refractivity contribution in [3.05, 3.63) is 52.5 Å². The first-order valence-corrected chi connectivity index (χ1v) is 7.52. The number of nitrogens with one attached hydrogen (secondary N) is 2. The van der Waals surface area contributed by atoms with Crippen molar-refractivity contribution in [3.63, 3.8) is 0 Å². The topological polar surface area (TPSA) is 109 Å². The van der Waals surface area contributed by atoms with Crippen molar-refractivity contribution in [1.29, 1.82) is 0 Å². The van der Waals surface area contributed by atoms with Crippen molar-refractivity contribution in [3.8, 4) is 0 Å². The Bertz CT molecular complexity index is 943. The van der Waals surface area contributed by atoms with Gasteiger partial charge in [0.15, 0.2) is 0 Å². The van der Waals surface area contributed by atoms with Gasteiger partial charge >= 0.3 is 5.69 Å². The van der Waals surface area contributed by atoms with Gasteiger partial charge < -0.3 is 5.32 Å². The van der Waals surface area contributed by atoms with Crippen LogP contribution in [0.4, 0.5) is 23.0 Å². The van der Waals surface area contributed by atoms with Crippen LogP contribution in [0.5, 0.6) is 0 Å². The number of pyridine rings is 1. The van der Waals surface area contributed by atoms with E-state index in [1.807, 2.05) is 31.2 Å². The first kappa shape index (κ1) is 16.5. The second-order valence-corrected chi connectivity index (χ2v) is 5.64. The molecule has 0 saturated heterocycles. The SMILES string of the molecule is Cc1ccc2cccc(Nc3ncnc(NN(C)C)c3[N+](=O)[O-])c2n1. The van der Waals surface area contributed by atoms with E-state index in [1.165, 1.54) is 6.33 Å². The van der Waals surface area contributed by atoms with E-state index in [0.29, 0.717) is 5.69 Å². The molecular weight excluding hydrogens is 322 g/mol. The van der Waals surface area contributed by atoms with Gasteiger partial charge in [0, 0.05) is 25.2 Å². The number of hydrogen-bond donors (Lipinski definition) is 2. The van der Waals surface area contributed by atoms with Gasteiger partial charge in [-0.25, -0.2) is 15.0 Å². The summed E-state index contributed by atoms with van der Waals surface area (Å²) < 4.78 is 0. The molecule has 128 valence electrons. The third kappa shape index (κ3) is 3.45. The molecule has 1 aromatic carbocycles. The maximum Gasteiger partial charge on any atom is 0.354 e. The summed E-state index contributed by atoms with van der Waals surface area (Å²) >= 11 is 0. The van der Waals surface area contributed by atoms with Crippen LogP contribution in [0.1, 0.15) is 5.69 Å². The zero-order valence-electron chi connectivity index (χ0n) is 14.0. The van der Waals surface area contributed by atoms with Crippen LogP contribution in [-0.4, -0.2) is 39.0 Å². The van der Waals surface area contributed by atoms with Gasteiger partial charge in [0.2, 0.25) is 11.6 Å². The molecule has 0 aliphatic rings. The molecule has 2 aromatic heterocycles. The first-order valence-electron chi connectivity index (χ1n) is 7.52. The molecule has 3 rings (SSSR count). The second-order valence-electron chi connectivity index (χ2n) is 5.64. The van der Waals surface area contributed by atoms with Crippen molar-refractivity contribution in [2.75, 3.05) is 24.8 Å². The van der Waals surface area contributed by atoms with E-state index in [-0.39, 0.29) is 17.3 Å². The lowest BCUT2D eigenvalue weighted by Gasteiger charge is -2.14. The average molecular weight is 339 g/mol. The molecule has 0 fully saturated rings. The third-order valence-electron chi connectivity index (χ3n) is 3.45. The van der Waals surface area contributed by atoms with Gasteiger partial charge in [-0.2, -0.15) is 0 Å². The van der Waals surface area contributed by atoms with Crippen LogP contribution in [0.25, 0.3) is 10.9 Å². The van der Waals surface area contributed by atoms with Gasteiger partial charge in [-0.1, -0.05) is 18.2 Å². The minimum atomic E-state index is -0.516. The van der Waals surface area contributed by atoms with Gasteiger partial charge in [-0.15, -0.1) is 0 Å². The van der Waals surface area contributed by atoms with E-state index < -0.39 is 4.92 Å². The molecule has 0 aliphatic carbocycles. The smallest absolute Gasteiger partial charge is 0.332 e. The first-order chi connectivity index (χ1) is 12.0. The molecule has 0 atom stereocenters. The van der Waals surface area contributed by atoms with E-state index in [9.17, 15) is 10.1 Å². The monoisotopic (exact) mass is 339 g/mol. The molecular formula is C16H17N7O2. The van der Waals surface area contributed by atoms with E-state index in [4.69, 9.17) is 0 Å². The van der Waals surface area contributed by atoms with E-state index in [2.05, 4.69) is 25.7 Å².